The third kappa shape index (κ3) is 3.54. The van der Waals surface area contributed by atoms with Crippen LogP contribution >= 0.6 is 0 Å². The van der Waals surface area contributed by atoms with Crippen molar-refractivity contribution in [3.8, 4) is 0 Å². The van der Waals surface area contributed by atoms with E-state index in [0.717, 1.165) is 18.6 Å². The third-order valence-corrected chi connectivity index (χ3v) is 4.03. The second-order valence-electron chi connectivity index (χ2n) is 5.91. The number of rotatable bonds is 4. The molecular formula is C16H21N3O2. The van der Waals surface area contributed by atoms with Crippen molar-refractivity contribution in [2.45, 2.75) is 45.2 Å². The van der Waals surface area contributed by atoms with Gasteiger partial charge in [-0.1, -0.05) is 19.8 Å². The number of carbonyl (C=O) groups excluding carboxylic acids is 1. The van der Waals surface area contributed by atoms with Crippen LogP contribution in [-0.4, -0.2) is 21.7 Å². The van der Waals surface area contributed by atoms with Gasteiger partial charge in [0, 0.05) is 18.4 Å². The monoisotopic (exact) mass is 287 g/mol. The molecule has 1 saturated carbocycles. The van der Waals surface area contributed by atoms with Gasteiger partial charge in [0.15, 0.2) is 5.76 Å². The molecule has 5 nitrogen and oxygen atoms in total. The fourth-order valence-electron chi connectivity index (χ4n) is 2.96. The van der Waals surface area contributed by atoms with E-state index in [1.807, 2.05) is 18.3 Å². The summed E-state index contributed by atoms with van der Waals surface area (Å²) in [6.45, 7) is 2.79. The van der Waals surface area contributed by atoms with Crippen molar-refractivity contribution in [2.75, 3.05) is 0 Å². The average molecular weight is 287 g/mol. The Labute approximate surface area is 124 Å². The smallest absolute Gasteiger partial charge is 0.287 e. The molecule has 2 aromatic rings. The Morgan fingerprint density at radius 3 is 3.14 bits per heavy atom. The summed E-state index contributed by atoms with van der Waals surface area (Å²) in [5.74, 6) is 1.70. The maximum Gasteiger partial charge on any atom is 0.287 e. The fraction of sp³-hybridized carbons (Fsp3) is 0.500. The Kier molecular flexibility index (Phi) is 4.08. The van der Waals surface area contributed by atoms with Crippen molar-refractivity contribution >= 4 is 5.91 Å². The van der Waals surface area contributed by atoms with Gasteiger partial charge in [0.05, 0.1) is 6.54 Å². The van der Waals surface area contributed by atoms with Gasteiger partial charge in [-0.2, -0.15) is 5.10 Å². The molecule has 21 heavy (non-hydrogen) atoms. The lowest BCUT2D eigenvalue weighted by atomic mass is 9.87. The van der Waals surface area contributed by atoms with Gasteiger partial charge in [0.2, 0.25) is 0 Å². The first-order valence-electron chi connectivity index (χ1n) is 7.57. The molecule has 1 fully saturated rings. The van der Waals surface area contributed by atoms with Crippen LogP contribution < -0.4 is 5.32 Å². The lowest BCUT2D eigenvalue weighted by Crippen LogP contribution is -2.37. The number of hydrogen-bond acceptors (Lipinski definition) is 3. The maximum atomic E-state index is 12.2. The Morgan fingerprint density at radius 2 is 2.38 bits per heavy atom. The average Bonchev–Trinajstić information content (AvgIpc) is 3.11. The summed E-state index contributed by atoms with van der Waals surface area (Å²) in [6, 6.07) is 5.71. The van der Waals surface area contributed by atoms with E-state index < -0.39 is 0 Å². The molecule has 2 aromatic heterocycles. The molecule has 3 rings (SSSR count). The summed E-state index contributed by atoms with van der Waals surface area (Å²) < 4.78 is 7.38. The zero-order valence-electron chi connectivity index (χ0n) is 12.3. The first-order chi connectivity index (χ1) is 10.2. The van der Waals surface area contributed by atoms with Crippen LogP contribution in [0.25, 0.3) is 0 Å². The SMILES string of the molecule is C[C@@H]1CCC[C@H](NC(=O)c2ccc(Cn3cccn3)o2)C1. The van der Waals surface area contributed by atoms with Crippen LogP contribution in [0.1, 0.15) is 48.9 Å². The van der Waals surface area contributed by atoms with Crippen LogP contribution in [0.4, 0.5) is 0 Å². The van der Waals surface area contributed by atoms with Crippen molar-refractivity contribution in [3.63, 3.8) is 0 Å². The summed E-state index contributed by atoms with van der Waals surface area (Å²) in [4.78, 5) is 12.2. The number of nitrogens with one attached hydrogen (secondary N) is 1. The minimum atomic E-state index is -0.110. The molecule has 0 radical (unpaired) electrons. The minimum Gasteiger partial charge on any atom is -0.454 e. The predicted octanol–water partition coefficient (Wildman–Crippen LogP) is 2.83. The molecule has 2 atom stereocenters. The Balaban J connectivity index is 1.58. The largest absolute Gasteiger partial charge is 0.454 e. The van der Waals surface area contributed by atoms with Crippen LogP contribution in [0.5, 0.6) is 0 Å². The van der Waals surface area contributed by atoms with Crippen molar-refractivity contribution in [2.24, 2.45) is 5.92 Å². The van der Waals surface area contributed by atoms with Crippen LogP contribution in [0.2, 0.25) is 0 Å². The molecule has 1 amide bonds. The van der Waals surface area contributed by atoms with Gasteiger partial charge in [0.1, 0.15) is 5.76 Å². The summed E-state index contributed by atoms with van der Waals surface area (Å²) in [7, 11) is 0. The van der Waals surface area contributed by atoms with Crippen LogP contribution in [0.3, 0.4) is 0 Å². The summed E-state index contributed by atoms with van der Waals surface area (Å²) in [6.07, 6.45) is 8.17. The van der Waals surface area contributed by atoms with Gasteiger partial charge in [-0.15, -0.1) is 0 Å². The number of nitrogens with zero attached hydrogens (tertiary/aromatic N) is 2. The zero-order chi connectivity index (χ0) is 14.7. The highest BCUT2D eigenvalue weighted by atomic mass is 16.4. The molecule has 0 aliphatic heterocycles. The highest BCUT2D eigenvalue weighted by molar-refractivity contribution is 5.91. The van der Waals surface area contributed by atoms with Crippen molar-refractivity contribution in [3.05, 3.63) is 42.1 Å². The second kappa shape index (κ2) is 6.16. The normalized spacial score (nSPS) is 22.1. The van der Waals surface area contributed by atoms with E-state index >= 15 is 0 Å². The number of hydrogen-bond donors (Lipinski definition) is 1. The van der Waals surface area contributed by atoms with E-state index in [1.165, 1.54) is 12.8 Å². The molecule has 0 unspecified atom stereocenters. The summed E-state index contributed by atoms with van der Waals surface area (Å²) >= 11 is 0. The minimum absolute atomic E-state index is 0.110. The van der Waals surface area contributed by atoms with Crippen molar-refractivity contribution in [1.29, 1.82) is 0 Å². The second-order valence-corrected chi connectivity index (χ2v) is 5.91. The van der Waals surface area contributed by atoms with Crippen LogP contribution in [-0.2, 0) is 6.54 Å². The molecule has 0 bridgehead atoms. The van der Waals surface area contributed by atoms with Gasteiger partial charge in [-0.05, 0) is 37.0 Å². The van der Waals surface area contributed by atoms with Crippen molar-refractivity contribution in [1.82, 2.24) is 15.1 Å². The van der Waals surface area contributed by atoms with Gasteiger partial charge < -0.3 is 9.73 Å². The highest BCUT2D eigenvalue weighted by Gasteiger charge is 2.22. The lowest BCUT2D eigenvalue weighted by Gasteiger charge is -2.27. The number of aromatic nitrogens is 2. The number of amides is 1. The van der Waals surface area contributed by atoms with E-state index in [9.17, 15) is 4.79 Å². The van der Waals surface area contributed by atoms with E-state index in [4.69, 9.17) is 4.42 Å². The summed E-state index contributed by atoms with van der Waals surface area (Å²) in [5, 5.41) is 7.21. The molecule has 0 spiro atoms. The first-order valence-corrected chi connectivity index (χ1v) is 7.57. The Bertz CT molecular complexity index is 588. The molecule has 112 valence electrons. The van der Waals surface area contributed by atoms with Gasteiger partial charge >= 0.3 is 0 Å². The topological polar surface area (TPSA) is 60.1 Å². The van der Waals surface area contributed by atoms with Gasteiger partial charge in [-0.25, -0.2) is 0 Å². The quantitative estimate of drug-likeness (QED) is 0.940. The Hall–Kier alpha value is -2.04. The predicted molar refractivity (Wildman–Crippen MR) is 78.9 cm³/mol. The zero-order valence-corrected chi connectivity index (χ0v) is 12.3. The molecule has 1 N–H and O–H groups in total. The van der Waals surface area contributed by atoms with Crippen LogP contribution in [0, 0.1) is 5.92 Å². The van der Waals surface area contributed by atoms with E-state index in [1.54, 1.807) is 16.9 Å². The standard InChI is InChI=1S/C16H21N3O2/c1-12-4-2-5-13(10-12)18-16(20)15-7-6-14(21-15)11-19-9-3-8-17-19/h3,6-9,12-13H,2,4-5,10-11H2,1H3,(H,18,20)/t12-,13+/m1/s1. The number of furan rings is 1. The van der Waals surface area contributed by atoms with E-state index in [0.29, 0.717) is 18.2 Å². The molecule has 1 aliphatic carbocycles. The van der Waals surface area contributed by atoms with E-state index in [-0.39, 0.29) is 11.9 Å². The Morgan fingerprint density at radius 1 is 1.48 bits per heavy atom. The third-order valence-electron chi connectivity index (χ3n) is 4.03. The molecule has 5 heteroatoms. The summed E-state index contributed by atoms with van der Waals surface area (Å²) in [5.41, 5.74) is 0. The maximum absolute atomic E-state index is 12.2. The first kappa shape index (κ1) is 13.9. The highest BCUT2D eigenvalue weighted by Crippen LogP contribution is 2.23. The molecule has 0 aromatic carbocycles. The molecule has 2 heterocycles. The fourth-order valence-corrected chi connectivity index (χ4v) is 2.96. The number of carbonyl (C=O) groups is 1. The van der Waals surface area contributed by atoms with Gasteiger partial charge in [0.25, 0.3) is 5.91 Å². The molecule has 0 saturated heterocycles. The van der Waals surface area contributed by atoms with Crippen molar-refractivity contribution < 1.29 is 9.21 Å². The van der Waals surface area contributed by atoms with E-state index in [2.05, 4.69) is 17.3 Å². The van der Waals surface area contributed by atoms with Crippen LogP contribution in [0.15, 0.2) is 35.0 Å². The lowest BCUT2D eigenvalue weighted by molar-refractivity contribution is 0.0891. The molecule has 1 aliphatic rings. The molecular weight excluding hydrogens is 266 g/mol. The van der Waals surface area contributed by atoms with Gasteiger partial charge in [-0.3, -0.25) is 9.48 Å².